The van der Waals surface area contributed by atoms with Gasteiger partial charge >= 0.3 is 0 Å². The molecular formula is C22H38O7. The quantitative estimate of drug-likeness (QED) is 0.329. The van der Waals surface area contributed by atoms with E-state index in [2.05, 4.69) is 13.0 Å². The van der Waals surface area contributed by atoms with Crippen molar-refractivity contribution in [2.24, 2.45) is 0 Å². The third-order valence-electron chi connectivity index (χ3n) is 4.15. The van der Waals surface area contributed by atoms with E-state index in [1.165, 1.54) is 5.56 Å². The monoisotopic (exact) mass is 414 g/mol. The van der Waals surface area contributed by atoms with E-state index < -0.39 is 0 Å². The highest BCUT2D eigenvalue weighted by atomic mass is 16.6. The lowest BCUT2D eigenvalue weighted by atomic mass is 10.1. The van der Waals surface area contributed by atoms with E-state index in [1.54, 1.807) is 7.11 Å². The Hall–Kier alpha value is -1.22. The zero-order valence-corrected chi connectivity index (χ0v) is 18.0. The van der Waals surface area contributed by atoms with Gasteiger partial charge < -0.3 is 33.5 Å². The van der Waals surface area contributed by atoms with E-state index >= 15 is 0 Å². The van der Waals surface area contributed by atoms with Crippen LogP contribution in [0.5, 0.6) is 5.75 Å². The van der Waals surface area contributed by atoms with Crippen molar-refractivity contribution in [2.45, 2.75) is 32.8 Å². The maximum Gasteiger partial charge on any atom is 0.124 e. The van der Waals surface area contributed by atoms with Crippen molar-refractivity contribution >= 4 is 0 Å². The number of unbranched alkanes of at least 4 members (excludes halogenated alkanes) is 1. The molecule has 29 heavy (non-hydrogen) atoms. The van der Waals surface area contributed by atoms with Crippen molar-refractivity contribution in [3.8, 4) is 5.75 Å². The van der Waals surface area contributed by atoms with Crippen LogP contribution >= 0.6 is 0 Å². The summed E-state index contributed by atoms with van der Waals surface area (Å²) < 4.78 is 32.2. The molecule has 0 saturated heterocycles. The van der Waals surface area contributed by atoms with E-state index in [1.807, 2.05) is 12.1 Å². The van der Waals surface area contributed by atoms with Gasteiger partial charge in [0.2, 0.25) is 0 Å². The van der Waals surface area contributed by atoms with Crippen LogP contribution in [-0.2, 0) is 36.7 Å². The van der Waals surface area contributed by atoms with Gasteiger partial charge in [-0.05, 0) is 30.5 Å². The van der Waals surface area contributed by atoms with E-state index in [9.17, 15) is 5.11 Å². The molecule has 0 saturated carbocycles. The summed E-state index contributed by atoms with van der Waals surface area (Å²) in [4.78, 5) is 0. The van der Waals surface area contributed by atoms with Gasteiger partial charge in [0.25, 0.3) is 0 Å². The summed E-state index contributed by atoms with van der Waals surface area (Å²) in [6.45, 7) is 7.45. The highest BCUT2D eigenvalue weighted by Gasteiger charge is 2.05. The summed E-state index contributed by atoms with van der Waals surface area (Å²) in [6, 6.07) is 6.02. The van der Waals surface area contributed by atoms with Crippen LogP contribution in [0.1, 0.15) is 30.9 Å². The molecule has 0 amide bonds. The van der Waals surface area contributed by atoms with Crippen molar-refractivity contribution < 1.29 is 33.5 Å². The van der Waals surface area contributed by atoms with Crippen LogP contribution in [0.3, 0.4) is 0 Å². The molecule has 0 aliphatic heterocycles. The molecule has 0 aliphatic rings. The Kier molecular flexibility index (Phi) is 16.7. The average molecular weight is 415 g/mol. The van der Waals surface area contributed by atoms with Crippen molar-refractivity contribution in [3.05, 3.63) is 29.3 Å². The van der Waals surface area contributed by atoms with Crippen LogP contribution in [0, 0.1) is 0 Å². The zero-order chi connectivity index (χ0) is 21.0. The predicted molar refractivity (Wildman–Crippen MR) is 112 cm³/mol. The molecule has 0 spiro atoms. The third kappa shape index (κ3) is 13.6. The molecule has 168 valence electrons. The maximum atomic E-state index is 9.54. The molecule has 1 aromatic rings. The molecule has 0 atom stereocenters. The largest absolute Gasteiger partial charge is 0.491 e. The van der Waals surface area contributed by atoms with E-state index in [0.29, 0.717) is 66.1 Å². The molecule has 0 unspecified atom stereocenters. The Balaban J connectivity index is 1.96. The van der Waals surface area contributed by atoms with E-state index in [4.69, 9.17) is 28.4 Å². The first kappa shape index (κ1) is 25.8. The summed E-state index contributed by atoms with van der Waals surface area (Å²) in [5, 5.41) is 9.54. The van der Waals surface area contributed by atoms with Crippen LogP contribution in [0.2, 0.25) is 0 Å². The van der Waals surface area contributed by atoms with Gasteiger partial charge in [0.1, 0.15) is 12.4 Å². The normalized spacial score (nSPS) is 11.1. The zero-order valence-electron chi connectivity index (χ0n) is 18.0. The fourth-order valence-electron chi connectivity index (χ4n) is 2.55. The molecule has 7 heteroatoms. The molecule has 1 rings (SSSR count). The van der Waals surface area contributed by atoms with Gasteiger partial charge in [0.05, 0.1) is 66.1 Å². The Morgan fingerprint density at radius 2 is 1.31 bits per heavy atom. The van der Waals surface area contributed by atoms with Crippen LogP contribution < -0.4 is 4.74 Å². The Bertz CT molecular complexity index is 496. The number of aliphatic hydroxyl groups is 1. The Labute approximate surface area is 175 Å². The number of aliphatic hydroxyl groups excluding tert-OH is 1. The van der Waals surface area contributed by atoms with Gasteiger partial charge in [-0.15, -0.1) is 0 Å². The second-order valence-electron chi connectivity index (χ2n) is 6.49. The number of benzene rings is 1. The lowest BCUT2D eigenvalue weighted by Gasteiger charge is -2.12. The fraction of sp³-hybridized carbons (Fsp3) is 0.727. The van der Waals surface area contributed by atoms with Crippen LogP contribution in [0.4, 0.5) is 0 Å². The van der Waals surface area contributed by atoms with E-state index in [0.717, 1.165) is 30.6 Å². The second-order valence-corrected chi connectivity index (χ2v) is 6.49. The van der Waals surface area contributed by atoms with Gasteiger partial charge in [0, 0.05) is 12.7 Å². The van der Waals surface area contributed by atoms with Crippen LogP contribution in [0.25, 0.3) is 0 Å². The summed E-state index contributed by atoms with van der Waals surface area (Å²) in [5.74, 6) is 0.718. The van der Waals surface area contributed by atoms with E-state index in [-0.39, 0.29) is 6.61 Å². The second kappa shape index (κ2) is 18.8. The standard InChI is InChI=1S/C22H38O7/c1-3-4-5-20-6-7-22(21(18-20)19-23)29-17-16-28-15-14-27-13-12-26-11-10-25-9-8-24-2/h6-7,18,23H,3-5,8-17,19H2,1-2H3. The molecule has 0 heterocycles. The van der Waals surface area contributed by atoms with Gasteiger partial charge in [-0.1, -0.05) is 19.4 Å². The van der Waals surface area contributed by atoms with Crippen LogP contribution in [-0.4, -0.2) is 78.3 Å². The van der Waals surface area contributed by atoms with Gasteiger partial charge in [-0.25, -0.2) is 0 Å². The lowest BCUT2D eigenvalue weighted by molar-refractivity contribution is -0.00982. The summed E-state index contributed by atoms with van der Waals surface area (Å²) in [5.41, 5.74) is 2.06. The molecular weight excluding hydrogens is 376 g/mol. The van der Waals surface area contributed by atoms with Gasteiger partial charge in [0.15, 0.2) is 0 Å². The molecule has 1 aromatic carbocycles. The first-order valence-corrected chi connectivity index (χ1v) is 10.5. The predicted octanol–water partition coefficient (Wildman–Crippen LogP) is 2.61. The number of hydrogen-bond acceptors (Lipinski definition) is 7. The summed E-state index contributed by atoms with van der Waals surface area (Å²) in [7, 11) is 1.65. The average Bonchev–Trinajstić information content (AvgIpc) is 2.75. The molecule has 0 fully saturated rings. The molecule has 0 aromatic heterocycles. The first-order chi connectivity index (χ1) is 14.3. The summed E-state index contributed by atoms with van der Waals surface area (Å²) >= 11 is 0. The number of rotatable bonds is 20. The highest BCUT2D eigenvalue weighted by molar-refractivity contribution is 5.37. The van der Waals surface area contributed by atoms with Crippen molar-refractivity contribution in [2.75, 3.05) is 73.2 Å². The Morgan fingerprint density at radius 3 is 1.83 bits per heavy atom. The lowest BCUT2D eigenvalue weighted by Crippen LogP contribution is -2.14. The topological polar surface area (TPSA) is 75.6 Å². The SMILES string of the molecule is CCCCc1ccc(OCCOCCOCCOCCOCCOC)c(CO)c1. The van der Waals surface area contributed by atoms with Gasteiger partial charge in [-0.3, -0.25) is 0 Å². The molecule has 0 radical (unpaired) electrons. The van der Waals surface area contributed by atoms with Crippen molar-refractivity contribution in [3.63, 3.8) is 0 Å². The molecule has 0 bridgehead atoms. The minimum absolute atomic E-state index is 0.0225. The van der Waals surface area contributed by atoms with Crippen molar-refractivity contribution in [1.29, 1.82) is 0 Å². The van der Waals surface area contributed by atoms with Crippen molar-refractivity contribution in [1.82, 2.24) is 0 Å². The minimum Gasteiger partial charge on any atom is -0.491 e. The number of ether oxygens (including phenoxy) is 6. The third-order valence-corrected chi connectivity index (χ3v) is 4.15. The first-order valence-electron chi connectivity index (χ1n) is 10.5. The maximum absolute atomic E-state index is 9.54. The number of methoxy groups -OCH3 is 1. The number of hydrogen-bond donors (Lipinski definition) is 1. The smallest absolute Gasteiger partial charge is 0.124 e. The molecule has 0 aliphatic carbocycles. The van der Waals surface area contributed by atoms with Crippen LogP contribution in [0.15, 0.2) is 18.2 Å². The minimum atomic E-state index is -0.0225. The summed E-state index contributed by atoms with van der Waals surface area (Å²) in [6.07, 6.45) is 3.33. The fourth-order valence-corrected chi connectivity index (χ4v) is 2.55. The highest BCUT2D eigenvalue weighted by Crippen LogP contribution is 2.21. The molecule has 1 N–H and O–H groups in total. The van der Waals surface area contributed by atoms with Gasteiger partial charge in [-0.2, -0.15) is 0 Å². The Morgan fingerprint density at radius 1 is 0.759 bits per heavy atom. The molecule has 7 nitrogen and oxygen atoms in total. The number of aryl methyl sites for hydroxylation is 1.